The van der Waals surface area contributed by atoms with E-state index < -0.39 is 0 Å². The summed E-state index contributed by atoms with van der Waals surface area (Å²) in [6.07, 6.45) is 10.0. The van der Waals surface area contributed by atoms with Gasteiger partial charge in [0.25, 0.3) is 0 Å². The van der Waals surface area contributed by atoms with Gasteiger partial charge in [-0.05, 0) is 73.3 Å². The summed E-state index contributed by atoms with van der Waals surface area (Å²) in [6, 6.07) is 11.0. The number of aromatic nitrogens is 1. The summed E-state index contributed by atoms with van der Waals surface area (Å²) in [5, 5.41) is 4.20. The molecule has 2 aromatic rings. The number of fused-ring (bicyclic) bond motifs is 6. The van der Waals surface area contributed by atoms with Crippen molar-refractivity contribution < 1.29 is 14.4 Å². The van der Waals surface area contributed by atoms with E-state index in [1.165, 1.54) is 30.2 Å². The van der Waals surface area contributed by atoms with Crippen LogP contribution in [-0.2, 0) is 9.59 Å². The minimum Gasteiger partial charge on any atom is -0.344 e. The van der Waals surface area contributed by atoms with E-state index in [-0.39, 0.29) is 61.0 Å². The van der Waals surface area contributed by atoms with Crippen molar-refractivity contribution in [2.75, 3.05) is 39.3 Å². The molecule has 3 saturated carbocycles. The number of para-hydroxylation sites is 1. The molecule has 3 aliphatic carbocycles. The van der Waals surface area contributed by atoms with Gasteiger partial charge in [-0.2, -0.15) is 0 Å². The van der Waals surface area contributed by atoms with E-state index >= 15 is 0 Å². The highest BCUT2D eigenvalue weighted by molar-refractivity contribution is 6.06. The lowest BCUT2D eigenvalue weighted by Crippen LogP contribution is -2.56. The fraction of sp³-hybridized carbons (Fsp3) is 0.676. The third-order valence-corrected chi connectivity index (χ3v) is 12.1. The van der Waals surface area contributed by atoms with Gasteiger partial charge in [-0.3, -0.25) is 14.5 Å². The van der Waals surface area contributed by atoms with E-state index in [1.54, 1.807) is 4.90 Å². The molecule has 2 bridgehead atoms. The maximum Gasteiger partial charge on any atom is 0.317 e. The van der Waals surface area contributed by atoms with Crippen LogP contribution in [0.3, 0.4) is 0 Å². The van der Waals surface area contributed by atoms with Crippen LogP contribution in [0.15, 0.2) is 36.5 Å². The Bertz CT molecular complexity index is 1380. The number of amides is 4. The lowest BCUT2D eigenvalue weighted by Gasteiger charge is -2.40. The summed E-state index contributed by atoms with van der Waals surface area (Å²) in [7, 11) is 0. The smallest absolute Gasteiger partial charge is 0.317 e. The maximum absolute atomic E-state index is 13.9. The van der Waals surface area contributed by atoms with Gasteiger partial charge >= 0.3 is 6.03 Å². The van der Waals surface area contributed by atoms with Gasteiger partial charge in [0, 0.05) is 63.1 Å². The number of hydrogen-bond donors (Lipinski definition) is 2. The Kier molecular flexibility index (Phi) is 7.53. The molecule has 3 aliphatic heterocycles. The Morgan fingerprint density at radius 1 is 0.837 bits per heavy atom. The molecular formula is C34H48N6O3. The van der Waals surface area contributed by atoms with E-state index in [2.05, 4.69) is 51.3 Å². The van der Waals surface area contributed by atoms with Crippen LogP contribution in [0.1, 0.15) is 58.4 Å². The first-order valence-electron chi connectivity index (χ1n) is 16.4. The molecule has 1 aromatic carbocycles. The first-order chi connectivity index (χ1) is 20.5. The van der Waals surface area contributed by atoms with Gasteiger partial charge in [0.05, 0.1) is 17.9 Å². The topological polar surface area (TPSA) is 104 Å². The molecule has 8 atom stereocenters. The van der Waals surface area contributed by atoms with Gasteiger partial charge < -0.3 is 25.4 Å². The summed E-state index contributed by atoms with van der Waals surface area (Å²) < 4.78 is 2.47. The number of benzene rings is 1. The van der Waals surface area contributed by atoms with Crippen molar-refractivity contribution in [3.8, 4) is 0 Å². The van der Waals surface area contributed by atoms with Crippen LogP contribution in [0, 0.1) is 35.5 Å². The fourth-order valence-corrected chi connectivity index (χ4v) is 10.1. The number of rotatable bonds is 6. The first kappa shape index (κ1) is 28.8. The van der Waals surface area contributed by atoms with E-state index in [4.69, 9.17) is 5.73 Å². The zero-order valence-corrected chi connectivity index (χ0v) is 24.4. The summed E-state index contributed by atoms with van der Waals surface area (Å²) >= 11 is 0. The molecular weight excluding hydrogens is 540 g/mol. The van der Waals surface area contributed by atoms with Crippen LogP contribution >= 0.6 is 0 Å². The third kappa shape index (κ3) is 4.60. The number of carbonyl (C=O) groups is 3. The predicted molar refractivity (Wildman–Crippen MR) is 166 cm³/mol. The number of imide groups is 1. The highest BCUT2D eigenvalue weighted by atomic mass is 16.2. The Morgan fingerprint density at radius 3 is 2.26 bits per heavy atom. The minimum absolute atomic E-state index is 0. The number of hydrogen-bond acceptors (Lipinski definition) is 5. The molecule has 4 heterocycles. The number of nitrogens with two attached hydrogens (primary N) is 1. The van der Waals surface area contributed by atoms with Crippen molar-refractivity contribution in [2.24, 2.45) is 41.2 Å². The second-order valence-corrected chi connectivity index (χ2v) is 14.0. The predicted octanol–water partition coefficient (Wildman–Crippen LogP) is 3.69. The molecule has 0 spiro atoms. The molecule has 1 aromatic heterocycles. The van der Waals surface area contributed by atoms with Crippen molar-refractivity contribution in [3.05, 3.63) is 36.5 Å². The van der Waals surface area contributed by atoms with Crippen LogP contribution in [0.2, 0.25) is 0 Å². The molecule has 6 fully saturated rings. The number of nitrogens with zero attached hydrogens (tertiary/aromatic N) is 4. The molecule has 9 heteroatoms. The molecule has 8 rings (SSSR count). The molecule has 3 saturated heterocycles. The second kappa shape index (κ2) is 11.2. The Labute approximate surface area is 255 Å². The summed E-state index contributed by atoms with van der Waals surface area (Å²) in [5.41, 5.74) is 8.01. The van der Waals surface area contributed by atoms with Crippen LogP contribution in [0.4, 0.5) is 4.79 Å². The zero-order chi connectivity index (χ0) is 28.5. The lowest BCUT2D eigenvalue weighted by molar-refractivity contribution is -0.142. The van der Waals surface area contributed by atoms with Crippen LogP contribution < -0.4 is 11.1 Å². The van der Waals surface area contributed by atoms with Gasteiger partial charge in [0.2, 0.25) is 11.8 Å². The van der Waals surface area contributed by atoms with E-state index in [0.717, 1.165) is 45.3 Å². The number of carbonyl (C=O) groups excluding carboxylic acids is 3. The normalized spacial score (nSPS) is 36.4. The largest absolute Gasteiger partial charge is 0.344 e. The highest BCUT2D eigenvalue weighted by Gasteiger charge is 2.68. The Balaban J connectivity index is 0.00000300. The number of likely N-dealkylation sites (tertiary alicyclic amines) is 2. The standard InChI is InChI=1S/C33H44N6O3.CH4/c34-29-24-17-25(30(29)38-16-12-35-33(38)42)28-27(24)31(40)39(32(28)41)19-22-7-2-1-6-21(22)18-36-13-10-23(11-14-36)37-15-9-20-5-3-4-8-26(20)37;/h3-5,8-9,15,21-25,27-30H,1-2,6-7,10-14,16-19,34H2,(H,35,42);1H4. The number of urea groups is 1. The van der Waals surface area contributed by atoms with E-state index in [1.807, 2.05) is 4.90 Å². The van der Waals surface area contributed by atoms with Crippen LogP contribution in [0.5, 0.6) is 0 Å². The van der Waals surface area contributed by atoms with Crippen molar-refractivity contribution in [1.29, 1.82) is 0 Å². The second-order valence-electron chi connectivity index (χ2n) is 14.0. The number of nitrogens with one attached hydrogen (secondary N) is 1. The Hall–Kier alpha value is -2.91. The summed E-state index contributed by atoms with van der Waals surface area (Å²) in [4.78, 5) is 46.2. The molecule has 3 N–H and O–H groups in total. The quantitative estimate of drug-likeness (QED) is 0.501. The van der Waals surface area contributed by atoms with Crippen molar-refractivity contribution in [1.82, 2.24) is 24.6 Å². The minimum atomic E-state index is -0.300. The monoisotopic (exact) mass is 588 g/mol. The van der Waals surface area contributed by atoms with Crippen LogP contribution in [-0.4, -0.2) is 88.5 Å². The molecule has 9 nitrogen and oxygen atoms in total. The average Bonchev–Trinajstić information content (AvgIpc) is 3.81. The molecule has 8 unspecified atom stereocenters. The van der Waals surface area contributed by atoms with E-state index in [0.29, 0.717) is 37.5 Å². The third-order valence-electron chi connectivity index (χ3n) is 12.1. The first-order valence-corrected chi connectivity index (χ1v) is 16.4. The molecule has 6 aliphatic rings. The van der Waals surface area contributed by atoms with Gasteiger partial charge in [-0.25, -0.2) is 4.79 Å². The van der Waals surface area contributed by atoms with Gasteiger partial charge in [-0.15, -0.1) is 0 Å². The maximum atomic E-state index is 13.9. The molecule has 4 amide bonds. The van der Waals surface area contributed by atoms with Crippen molar-refractivity contribution >= 4 is 28.7 Å². The SMILES string of the molecule is C.NC1C2CC(C3C(=O)N(CC4CCCCC4CN4CCC(n5ccc6ccccc65)CC4)C(=O)C23)C1N1CCNC1=O. The average molecular weight is 589 g/mol. The highest BCUT2D eigenvalue weighted by Crippen LogP contribution is 2.57. The lowest BCUT2D eigenvalue weighted by atomic mass is 9.75. The summed E-state index contributed by atoms with van der Waals surface area (Å²) in [5.74, 6) is 0.324. The summed E-state index contributed by atoms with van der Waals surface area (Å²) in [6.45, 7) is 5.07. The van der Waals surface area contributed by atoms with Gasteiger partial charge in [-0.1, -0.05) is 38.5 Å². The Morgan fingerprint density at radius 2 is 1.53 bits per heavy atom. The zero-order valence-electron chi connectivity index (χ0n) is 24.4. The van der Waals surface area contributed by atoms with E-state index in [9.17, 15) is 14.4 Å². The molecule has 0 radical (unpaired) electrons. The number of piperidine rings is 1. The van der Waals surface area contributed by atoms with Crippen molar-refractivity contribution in [2.45, 2.75) is 70.5 Å². The van der Waals surface area contributed by atoms with Gasteiger partial charge in [0.1, 0.15) is 0 Å². The molecule has 43 heavy (non-hydrogen) atoms. The fourth-order valence-electron chi connectivity index (χ4n) is 10.1. The van der Waals surface area contributed by atoms with Crippen LogP contribution in [0.25, 0.3) is 10.9 Å². The van der Waals surface area contributed by atoms with Gasteiger partial charge in [0.15, 0.2) is 0 Å². The van der Waals surface area contributed by atoms with Crippen molar-refractivity contribution in [3.63, 3.8) is 0 Å². The molecule has 232 valence electrons.